The summed E-state index contributed by atoms with van der Waals surface area (Å²) in [5.74, 6) is 0. The van der Waals surface area contributed by atoms with Gasteiger partial charge in [0.25, 0.3) is 0 Å². The lowest BCUT2D eigenvalue weighted by molar-refractivity contribution is 0.489. The maximum atomic E-state index is 6.56. The summed E-state index contributed by atoms with van der Waals surface area (Å²) in [6.07, 6.45) is 0.870. The Morgan fingerprint density at radius 1 is 0.895 bits per heavy atom. The van der Waals surface area contributed by atoms with Crippen molar-refractivity contribution in [2.45, 2.75) is 39.7 Å². The van der Waals surface area contributed by atoms with Gasteiger partial charge in [0.15, 0.2) is 0 Å². The molecule has 1 heteroatoms. The fourth-order valence-electron chi connectivity index (χ4n) is 2.53. The Hall–Kier alpha value is -1.60. The minimum atomic E-state index is -0.329. The van der Waals surface area contributed by atoms with Crippen LogP contribution in [0.1, 0.15) is 34.7 Å². The van der Waals surface area contributed by atoms with Crippen molar-refractivity contribution in [2.75, 3.05) is 0 Å². The molecule has 2 aromatic rings. The van der Waals surface area contributed by atoms with Crippen molar-refractivity contribution in [1.29, 1.82) is 0 Å². The molecule has 1 atom stereocenters. The van der Waals surface area contributed by atoms with Crippen molar-refractivity contribution in [3.63, 3.8) is 0 Å². The van der Waals surface area contributed by atoms with E-state index in [2.05, 4.69) is 70.2 Å². The molecule has 100 valence electrons. The summed E-state index contributed by atoms with van der Waals surface area (Å²) < 4.78 is 0. The van der Waals surface area contributed by atoms with Crippen molar-refractivity contribution in [3.8, 4) is 0 Å². The summed E-state index contributed by atoms with van der Waals surface area (Å²) in [6.45, 7) is 8.54. The third-order valence-corrected chi connectivity index (χ3v) is 3.90. The SMILES string of the molecule is Cc1ccc(C(C)(N)Cc2c(C)cccc2C)cc1. The summed E-state index contributed by atoms with van der Waals surface area (Å²) in [6, 6.07) is 15.0. The number of hydrogen-bond acceptors (Lipinski definition) is 1. The Morgan fingerprint density at radius 3 is 1.95 bits per heavy atom. The van der Waals surface area contributed by atoms with Crippen LogP contribution >= 0.6 is 0 Å². The van der Waals surface area contributed by atoms with Gasteiger partial charge in [0, 0.05) is 5.54 Å². The molecule has 0 aliphatic rings. The van der Waals surface area contributed by atoms with E-state index < -0.39 is 0 Å². The van der Waals surface area contributed by atoms with Crippen LogP contribution in [0.4, 0.5) is 0 Å². The lowest BCUT2D eigenvalue weighted by Gasteiger charge is -2.27. The van der Waals surface area contributed by atoms with E-state index in [0.29, 0.717) is 0 Å². The molecule has 1 unspecified atom stereocenters. The van der Waals surface area contributed by atoms with E-state index >= 15 is 0 Å². The molecule has 0 saturated heterocycles. The third-order valence-electron chi connectivity index (χ3n) is 3.90. The predicted molar refractivity (Wildman–Crippen MR) is 82.3 cm³/mol. The van der Waals surface area contributed by atoms with Crippen molar-refractivity contribution in [3.05, 3.63) is 70.3 Å². The van der Waals surface area contributed by atoms with Gasteiger partial charge in [-0.25, -0.2) is 0 Å². The number of nitrogens with two attached hydrogens (primary N) is 1. The lowest BCUT2D eigenvalue weighted by Crippen LogP contribution is -2.36. The molecule has 0 heterocycles. The molecule has 2 N–H and O–H groups in total. The topological polar surface area (TPSA) is 26.0 Å². The maximum Gasteiger partial charge on any atom is 0.0422 e. The van der Waals surface area contributed by atoms with Crippen LogP contribution in [0, 0.1) is 20.8 Å². The van der Waals surface area contributed by atoms with Gasteiger partial charge in [-0.05, 0) is 56.4 Å². The molecule has 2 aromatic carbocycles. The first-order chi connectivity index (χ1) is 8.90. The van der Waals surface area contributed by atoms with Crippen molar-refractivity contribution < 1.29 is 0 Å². The number of rotatable bonds is 3. The Labute approximate surface area is 116 Å². The quantitative estimate of drug-likeness (QED) is 0.878. The summed E-state index contributed by atoms with van der Waals surface area (Å²) in [7, 11) is 0. The first-order valence-corrected chi connectivity index (χ1v) is 6.81. The highest BCUT2D eigenvalue weighted by Crippen LogP contribution is 2.26. The van der Waals surface area contributed by atoms with Crippen LogP contribution in [-0.2, 0) is 12.0 Å². The zero-order chi connectivity index (χ0) is 14.0. The van der Waals surface area contributed by atoms with Crippen molar-refractivity contribution >= 4 is 0 Å². The molecule has 0 fully saturated rings. The van der Waals surface area contributed by atoms with E-state index in [9.17, 15) is 0 Å². The third kappa shape index (κ3) is 3.05. The smallest absolute Gasteiger partial charge is 0.0422 e. The van der Waals surface area contributed by atoms with Gasteiger partial charge in [-0.3, -0.25) is 0 Å². The molecular formula is C18H23N. The highest BCUT2D eigenvalue weighted by molar-refractivity contribution is 5.37. The molecular weight excluding hydrogens is 230 g/mol. The van der Waals surface area contributed by atoms with Gasteiger partial charge in [-0.15, -0.1) is 0 Å². The lowest BCUT2D eigenvalue weighted by atomic mass is 9.83. The summed E-state index contributed by atoms with van der Waals surface area (Å²) >= 11 is 0. The van der Waals surface area contributed by atoms with Crippen LogP contribution in [0.3, 0.4) is 0 Å². The standard InChI is InChI=1S/C18H23N/c1-13-8-10-16(11-9-13)18(4,19)12-17-14(2)6-5-7-15(17)3/h5-11H,12,19H2,1-4H3. The maximum absolute atomic E-state index is 6.56. The highest BCUT2D eigenvalue weighted by atomic mass is 14.7. The molecule has 0 aromatic heterocycles. The van der Waals surface area contributed by atoms with Crippen LogP contribution in [-0.4, -0.2) is 0 Å². The molecule has 0 aliphatic heterocycles. The summed E-state index contributed by atoms with van der Waals surface area (Å²) in [5, 5.41) is 0. The van der Waals surface area contributed by atoms with Crippen LogP contribution in [0.2, 0.25) is 0 Å². The van der Waals surface area contributed by atoms with Gasteiger partial charge in [-0.2, -0.15) is 0 Å². The minimum Gasteiger partial charge on any atom is -0.321 e. The first-order valence-electron chi connectivity index (χ1n) is 6.81. The van der Waals surface area contributed by atoms with E-state index in [1.165, 1.54) is 27.8 Å². The van der Waals surface area contributed by atoms with E-state index in [0.717, 1.165) is 6.42 Å². The van der Waals surface area contributed by atoms with Gasteiger partial charge in [0.05, 0.1) is 0 Å². The van der Waals surface area contributed by atoms with Crippen LogP contribution in [0.5, 0.6) is 0 Å². The normalized spacial score (nSPS) is 14.2. The zero-order valence-corrected chi connectivity index (χ0v) is 12.3. The van der Waals surface area contributed by atoms with Gasteiger partial charge in [-0.1, -0.05) is 48.0 Å². The molecule has 2 rings (SSSR count). The second-order valence-corrected chi connectivity index (χ2v) is 5.83. The first kappa shape index (κ1) is 13.8. The number of aryl methyl sites for hydroxylation is 3. The molecule has 19 heavy (non-hydrogen) atoms. The molecule has 0 spiro atoms. The van der Waals surface area contributed by atoms with E-state index in [-0.39, 0.29) is 5.54 Å². The van der Waals surface area contributed by atoms with Gasteiger partial charge >= 0.3 is 0 Å². The largest absolute Gasteiger partial charge is 0.321 e. The van der Waals surface area contributed by atoms with E-state index in [1.54, 1.807) is 0 Å². The van der Waals surface area contributed by atoms with Gasteiger partial charge in [0.2, 0.25) is 0 Å². The second kappa shape index (κ2) is 5.18. The fourth-order valence-corrected chi connectivity index (χ4v) is 2.53. The van der Waals surface area contributed by atoms with Crippen LogP contribution in [0.15, 0.2) is 42.5 Å². The molecule has 0 saturated carbocycles. The Bertz CT molecular complexity index is 544. The zero-order valence-electron chi connectivity index (χ0n) is 12.3. The molecule has 0 radical (unpaired) electrons. The van der Waals surface area contributed by atoms with Crippen LogP contribution < -0.4 is 5.73 Å². The average Bonchev–Trinajstić information content (AvgIpc) is 2.35. The molecule has 0 amide bonds. The predicted octanol–water partition coefficient (Wildman–Crippen LogP) is 4.03. The number of hydrogen-bond donors (Lipinski definition) is 1. The molecule has 0 bridgehead atoms. The van der Waals surface area contributed by atoms with E-state index in [4.69, 9.17) is 5.73 Å². The molecule has 0 aliphatic carbocycles. The second-order valence-electron chi connectivity index (χ2n) is 5.83. The molecule has 1 nitrogen and oxygen atoms in total. The Morgan fingerprint density at radius 2 is 1.42 bits per heavy atom. The van der Waals surface area contributed by atoms with Gasteiger partial charge < -0.3 is 5.73 Å². The van der Waals surface area contributed by atoms with Crippen molar-refractivity contribution in [1.82, 2.24) is 0 Å². The van der Waals surface area contributed by atoms with Crippen LogP contribution in [0.25, 0.3) is 0 Å². The highest BCUT2D eigenvalue weighted by Gasteiger charge is 2.23. The minimum absolute atomic E-state index is 0.329. The summed E-state index contributed by atoms with van der Waals surface area (Å²) in [4.78, 5) is 0. The average molecular weight is 253 g/mol. The Balaban J connectivity index is 2.33. The monoisotopic (exact) mass is 253 g/mol. The van der Waals surface area contributed by atoms with Gasteiger partial charge in [0.1, 0.15) is 0 Å². The van der Waals surface area contributed by atoms with E-state index in [1.807, 2.05) is 0 Å². The summed E-state index contributed by atoms with van der Waals surface area (Å²) in [5.41, 5.74) is 12.7. The Kier molecular flexibility index (Phi) is 3.77. The number of benzene rings is 2. The van der Waals surface area contributed by atoms with Crippen molar-refractivity contribution in [2.24, 2.45) is 5.73 Å². The fraction of sp³-hybridized carbons (Fsp3) is 0.333.